The van der Waals surface area contributed by atoms with E-state index in [1.165, 1.54) is 4.57 Å². The standard InChI is InChI=1S/C16H15N3O3/c1-10-5-6-17-12(7-10)15(20)18-9-11-3-4-13-14(8-11)22-16(21)19(13)2/h3-8H,9H2,1-2H3,(H,18,20). The van der Waals surface area contributed by atoms with Crippen molar-refractivity contribution in [2.24, 2.45) is 7.05 Å². The molecule has 1 amide bonds. The van der Waals surface area contributed by atoms with Gasteiger partial charge in [0.1, 0.15) is 5.69 Å². The lowest BCUT2D eigenvalue weighted by atomic mass is 10.2. The van der Waals surface area contributed by atoms with Gasteiger partial charge in [-0.3, -0.25) is 14.3 Å². The van der Waals surface area contributed by atoms with Crippen molar-refractivity contribution in [3.05, 3.63) is 63.9 Å². The Morgan fingerprint density at radius 1 is 1.32 bits per heavy atom. The summed E-state index contributed by atoms with van der Waals surface area (Å²) < 4.78 is 6.57. The number of benzene rings is 1. The highest BCUT2D eigenvalue weighted by atomic mass is 16.4. The van der Waals surface area contributed by atoms with Gasteiger partial charge in [0.15, 0.2) is 5.58 Å². The van der Waals surface area contributed by atoms with E-state index >= 15 is 0 Å². The van der Waals surface area contributed by atoms with Crippen molar-refractivity contribution in [1.82, 2.24) is 14.9 Å². The SMILES string of the molecule is Cc1ccnc(C(=O)NCc2ccc3c(c2)oc(=O)n3C)c1. The first-order valence-electron chi connectivity index (χ1n) is 6.84. The fraction of sp³-hybridized carbons (Fsp3) is 0.188. The second-order valence-electron chi connectivity index (χ2n) is 5.13. The minimum atomic E-state index is -0.403. The van der Waals surface area contributed by atoms with E-state index < -0.39 is 5.76 Å². The Kier molecular flexibility index (Phi) is 3.50. The number of hydrogen-bond acceptors (Lipinski definition) is 4. The molecule has 1 N–H and O–H groups in total. The molecule has 0 aliphatic heterocycles. The zero-order valence-electron chi connectivity index (χ0n) is 12.3. The Hall–Kier alpha value is -2.89. The van der Waals surface area contributed by atoms with Gasteiger partial charge in [-0.05, 0) is 42.3 Å². The molecule has 0 atom stereocenters. The van der Waals surface area contributed by atoms with Crippen molar-refractivity contribution < 1.29 is 9.21 Å². The molecule has 3 aromatic rings. The normalized spacial score (nSPS) is 10.8. The van der Waals surface area contributed by atoms with Crippen LogP contribution < -0.4 is 11.1 Å². The number of rotatable bonds is 3. The van der Waals surface area contributed by atoms with E-state index in [4.69, 9.17) is 4.42 Å². The van der Waals surface area contributed by atoms with Crippen LogP contribution in [0.2, 0.25) is 0 Å². The van der Waals surface area contributed by atoms with E-state index in [0.717, 1.165) is 16.6 Å². The second-order valence-corrected chi connectivity index (χ2v) is 5.13. The Morgan fingerprint density at radius 2 is 2.14 bits per heavy atom. The number of hydrogen-bond donors (Lipinski definition) is 1. The summed E-state index contributed by atoms with van der Waals surface area (Å²) in [5.41, 5.74) is 3.44. The van der Waals surface area contributed by atoms with Crippen molar-refractivity contribution >= 4 is 17.0 Å². The molecule has 2 heterocycles. The molecule has 1 aromatic carbocycles. The van der Waals surface area contributed by atoms with Crippen molar-refractivity contribution in [3.8, 4) is 0 Å². The summed E-state index contributed by atoms with van der Waals surface area (Å²) in [5, 5.41) is 2.80. The number of oxazole rings is 1. The van der Waals surface area contributed by atoms with Crippen LogP contribution in [-0.4, -0.2) is 15.5 Å². The first kappa shape index (κ1) is 14.1. The Bertz CT molecular complexity index is 908. The molecule has 0 bridgehead atoms. The highest BCUT2D eigenvalue weighted by molar-refractivity contribution is 5.92. The minimum absolute atomic E-state index is 0.238. The van der Waals surface area contributed by atoms with Gasteiger partial charge in [-0.2, -0.15) is 0 Å². The van der Waals surface area contributed by atoms with E-state index in [0.29, 0.717) is 17.8 Å². The minimum Gasteiger partial charge on any atom is -0.408 e. The average Bonchev–Trinajstić information content (AvgIpc) is 2.79. The molecule has 6 nitrogen and oxygen atoms in total. The first-order chi connectivity index (χ1) is 10.5. The van der Waals surface area contributed by atoms with Crippen LogP contribution in [0.15, 0.2) is 45.7 Å². The number of carbonyl (C=O) groups excluding carboxylic acids is 1. The topological polar surface area (TPSA) is 77.1 Å². The van der Waals surface area contributed by atoms with Gasteiger partial charge in [0.05, 0.1) is 5.52 Å². The summed E-state index contributed by atoms with van der Waals surface area (Å²) in [7, 11) is 1.65. The summed E-state index contributed by atoms with van der Waals surface area (Å²) in [4.78, 5) is 27.5. The molecule has 0 spiro atoms. The Labute approximate surface area is 126 Å². The van der Waals surface area contributed by atoms with Crippen LogP contribution in [0.3, 0.4) is 0 Å². The molecule has 6 heteroatoms. The van der Waals surface area contributed by atoms with Gasteiger partial charge in [0, 0.05) is 19.8 Å². The van der Waals surface area contributed by atoms with Crippen molar-refractivity contribution in [2.45, 2.75) is 13.5 Å². The molecule has 0 aliphatic rings. The zero-order valence-corrected chi connectivity index (χ0v) is 12.3. The molecule has 0 saturated heterocycles. The van der Waals surface area contributed by atoms with Crippen LogP contribution in [0.1, 0.15) is 21.6 Å². The fourth-order valence-corrected chi connectivity index (χ4v) is 2.22. The molecule has 0 unspecified atom stereocenters. The molecular weight excluding hydrogens is 282 g/mol. The monoisotopic (exact) mass is 297 g/mol. The maximum atomic E-state index is 12.0. The summed E-state index contributed by atoms with van der Waals surface area (Å²) in [6.45, 7) is 2.24. The number of nitrogens with zero attached hydrogens (tertiary/aromatic N) is 2. The van der Waals surface area contributed by atoms with E-state index in [-0.39, 0.29) is 5.91 Å². The smallest absolute Gasteiger partial charge is 0.408 e. The zero-order chi connectivity index (χ0) is 15.7. The third-order valence-corrected chi connectivity index (χ3v) is 3.46. The molecule has 2 aromatic heterocycles. The van der Waals surface area contributed by atoms with Gasteiger partial charge in [-0.25, -0.2) is 4.79 Å². The average molecular weight is 297 g/mol. The number of pyridine rings is 1. The van der Waals surface area contributed by atoms with Crippen LogP contribution in [0.25, 0.3) is 11.1 Å². The van der Waals surface area contributed by atoms with Gasteiger partial charge in [0.25, 0.3) is 5.91 Å². The van der Waals surface area contributed by atoms with Crippen LogP contribution in [0, 0.1) is 6.92 Å². The summed E-state index contributed by atoms with van der Waals surface area (Å²) in [6, 6.07) is 8.96. The summed E-state index contributed by atoms with van der Waals surface area (Å²) in [5.74, 6) is -0.640. The third-order valence-electron chi connectivity index (χ3n) is 3.46. The quantitative estimate of drug-likeness (QED) is 0.799. The molecule has 0 radical (unpaired) electrons. The first-order valence-corrected chi connectivity index (χ1v) is 6.84. The molecule has 3 rings (SSSR count). The van der Waals surface area contributed by atoms with Gasteiger partial charge in [-0.15, -0.1) is 0 Å². The van der Waals surface area contributed by atoms with Crippen molar-refractivity contribution in [3.63, 3.8) is 0 Å². The molecule has 22 heavy (non-hydrogen) atoms. The lowest BCUT2D eigenvalue weighted by molar-refractivity contribution is 0.0946. The van der Waals surface area contributed by atoms with Gasteiger partial charge >= 0.3 is 5.76 Å². The summed E-state index contributed by atoms with van der Waals surface area (Å²) in [6.07, 6.45) is 1.61. The third kappa shape index (κ3) is 2.63. The van der Waals surface area contributed by atoms with Crippen LogP contribution in [-0.2, 0) is 13.6 Å². The largest absolute Gasteiger partial charge is 0.419 e. The Morgan fingerprint density at radius 3 is 2.91 bits per heavy atom. The van der Waals surface area contributed by atoms with E-state index in [1.54, 1.807) is 31.4 Å². The molecule has 112 valence electrons. The fourth-order valence-electron chi connectivity index (χ4n) is 2.22. The van der Waals surface area contributed by atoms with Crippen LogP contribution in [0.4, 0.5) is 0 Å². The van der Waals surface area contributed by atoms with Gasteiger partial charge < -0.3 is 9.73 Å². The maximum Gasteiger partial charge on any atom is 0.419 e. The number of nitrogens with one attached hydrogen (secondary N) is 1. The van der Waals surface area contributed by atoms with Gasteiger partial charge in [-0.1, -0.05) is 6.07 Å². The Balaban J connectivity index is 1.76. The summed E-state index contributed by atoms with van der Waals surface area (Å²) >= 11 is 0. The lowest BCUT2D eigenvalue weighted by Gasteiger charge is -2.05. The molecular formula is C16H15N3O3. The molecule has 0 saturated carbocycles. The predicted octanol–water partition coefficient (Wildman–Crippen LogP) is 1.76. The van der Waals surface area contributed by atoms with Crippen molar-refractivity contribution in [1.29, 1.82) is 0 Å². The highest BCUT2D eigenvalue weighted by Gasteiger charge is 2.09. The van der Waals surface area contributed by atoms with Crippen LogP contribution in [0.5, 0.6) is 0 Å². The van der Waals surface area contributed by atoms with Gasteiger partial charge in [0.2, 0.25) is 0 Å². The number of aromatic nitrogens is 2. The predicted molar refractivity (Wildman–Crippen MR) is 81.6 cm³/mol. The van der Waals surface area contributed by atoms with E-state index in [1.807, 2.05) is 19.1 Å². The van der Waals surface area contributed by atoms with E-state index in [9.17, 15) is 9.59 Å². The number of amides is 1. The number of carbonyl (C=O) groups is 1. The lowest BCUT2D eigenvalue weighted by Crippen LogP contribution is -2.23. The van der Waals surface area contributed by atoms with Crippen LogP contribution >= 0.6 is 0 Å². The van der Waals surface area contributed by atoms with Crippen molar-refractivity contribution in [2.75, 3.05) is 0 Å². The molecule has 0 aliphatic carbocycles. The number of aryl methyl sites for hydroxylation is 2. The van der Waals surface area contributed by atoms with E-state index in [2.05, 4.69) is 10.3 Å². The number of fused-ring (bicyclic) bond motifs is 1. The molecule has 0 fully saturated rings. The highest BCUT2D eigenvalue weighted by Crippen LogP contribution is 2.14. The maximum absolute atomic E-state index is 12.0. The second kappa shape index (κ2) is 5.48.